The molecule has 8 heteroatoms. The van der Waals surface area contributed by atoms with Crippen molar-refractivity contribution in [2.75, 3.05) is 26.2 Å². The zero-order valence-electron chi connectivity index (χ0n) is 18.7. The predicted octanol–water partition coefficient (Wildman–Crippen LogP) is 2.26. The second-order valence-electron chi connectivity index (χ2n) is 8.73. The molecule has 0 aliphatic carbocycles. The molecule has 33 heavy (non-hydrogen) atoms. The quantitative estimate of drug-likeness (QED) is 0.542. The van der Waals surface area contributed by atoms with Gasteiger partial charge in [-0.15, -0.1) is 0 Å². The van der Waals surface area contributed by atoms with E-state index in [9.17, 15) is 9.59 Å². The molecular weight excluding hydrogens is 418 g/mol. The molecule has 8 nitrogen and oxygen atoms in total. The third-order valence-electron chi connectivity index (χ3n) is 6.53. The molecule has 3 heterocycles. The SMILES string of the molecule is CC1CN(C(=O)Cc2ccc(-n3cncn3)cc2)CCN1CCc1ccc2c(c1)COC2=O. The minimum Gasteiger partial charge on any atom is -0.457 e. The smallest absolute Gasteiger partial charge is 0.338 e. The number of carbonyl (C=O) groups excluding carboxylic acids is 2. The molecule has 1 unspecified atom stereocenters. The number of carbonyl (C=O) groups is 2. The highest BCUT2D eigenvalue weighted by atomic mass is 16.5. The molecule has 1 amide bonds. The molecule has 0 N–H and O–H groups in total. The summed E-state index contributed by atoms with van der Waals surface area (Å²) in [5.41, 5.74) is 4.81. The van der Waals surface area contributed by atoms with Gasteiger partial charge in [0.2, 0.25) is 5.91 Å². The lowest BCUT2D eigenvalue weighted by atomic mass is 10.0. The average molecular weight is 446 g/mol. The van der Waals surface area contributed by atoms with Crippen LogP contribution < -0.4 is 0 Å². The van der Waals surface area contributed by atoms with Crippen LogP contribution in [0.5, 0.6) is 0 Å². The van der Waals surface area contributed by atoms with Gasteiger partial charge in [0.25, 0.3) is 0 Å². The van der Waals surface area contributed by atoms with Crippen LogP contribution in [0.2, 0.25) is 0 Å². The van der Waals surface area contributed by atoms with Crippen LogP contribution in [-0.2, 0) is 29.0 Å². The van der Waals surface area contributed by atoms with Gasteiger partial charge in [-0.25, -0.2) is 14.5 Å². The van der Waals surface area contributed by atoms with E-state index in [1.807, 2.05) is 41.3 Å². The van der Waals surface area contributed by atoms with Gasteiger partial charge in [0, 0.05) is 37.8 Å². The Morgan fingerprint density at radius 2 is 1.94 bits per heavy atom. The lowest BCUT2D eigenvalue weighted by molar-refractivity contribution is -0.133. The summed E-state index contributed by atoms with van der Waals surface area (Å²) in [6.45, 7) is 5.84. The second-order valence-corrected chi connectivity index (χ2v) is 8.73. The summed E-state index contributed by atoms with van der Waals surface area (Å²) in [7, 11) is 0. The highest BCUT2D eigenvalue weighted by Crippen LogP contribution is 2.22. The van der Waals surface area contributed by atoms with E-state index in [1.165, 1.54) is 11.9 Å². The lowest BCUT2D eigenvalue weighted by Gasteiger charge is -2.40. The Morgan fingerprint density at radius 1 is 1.12 bits per heavy atom. The summed E-state index contributed by atoms with van der Waals surface area (Å²) >= 11 is 0. The molecule has 0 bridgehead atoms. The first-order valence-corrected chi connectivity index (χ1v) is 11.3. The van der Waals surface area contributed by atoms with Crippen molar-refractivity contribution in [2.45, 2.75) is 32.4 Å². The molecule has 0 saturated carbocycles. The maximum atomic E-state index is 12.9. The standard InChI is InChI=1S/C25H27N5O3/c1-18-14-29(24(31)13-19-2-5-22(6-3-19)30-17-26-16-27-30)11-10-28(18)9-8-20-4-7-23-21(12-20)15-33-25(23)32/h2-7,12,16-18H,8-11,13-15H2,1H3. The first kappa shape index (κ1) is 21.3. The molecular formula is C25H27N5O3. The summed E-state index contributed by atoms with van der Waals surface area (Å²) in [4.78, 5) is 32.9. The Hall–Kier alpha value is -3.52. The van der Waals surface area contributed by atoms with Crippen molar-refractivity contribution in [1.82, 2.24) is 24.6 Å². The molecule has 1 saturated heterocycles. The van der Waals surface area contributed by atoms with Crippen LogP contribution in [0.15, 0.2) is 55.1 Å². The molecule has 2 aromatic carbocycles. The summed E-state index contributed by atoms with van der Waals surface area (Å²) < 4.78 is 6.79. The Morgan fingerprint density at radius 3 is 2.70 bits per heavy atom. The number of fused-ring (bicyclic) bond motifs is 1. The lowest BCUT2D eigenvalue weighted by Crippen LogP contribution is -2.54. The van der Waals surface area contributed by atoms with E-state index in [2.05, 4.69) is 28.0 Å². The normalized spacial score (nSPS) is 18.3. The Labute approximate surface area is 192 Å². The van der Waals surface area contributed by atoms with Crippen LogP contribution in [-0.4, -0.2) is 68.7 Å². The number of nitrogens with zero attached hydrogens (tertiary/aromatic N) is 5. The van der Waals surface area contributed by atoms with Gasteiger partial charge in [0.05, 0.1) is 17.7 Å². The summed E-state index contributed by atoms with van der Waals surface area (Å²) in [5.74, 6) is -0.0598. The highest BCUT2D eigenvalue weighted by molar-refractivity contribution is 5.93. The molecule has 2 aliphatic rings. The molecule has 170 valence electrons. The Balaban J connectivity index is 1.12. The third-order valence-corrected chi connectivity index (χ3v) is 6.53. The van der Waals surface area contributed by atoms with Crippen molar-refractivity contribution < 1.29 is 14.3 Å². The first-order valence-electron chi connectivity index (χ1n) is 11.3. The third kappa shape index (κ3) is 4.66. The minimum absolute atomic E-state index is 0.165. The van der Waals surface area contributed by atoms with Crippen LogP contribution in [0.4, 0.5) is 0 Å². The fourth-order valence-electron chi connectivity index (χ4n) is 4.56. The van der Waals surface area contributed by atoms with Crippen LogP contribution in [0.3, 0.4) is 0 Å². The maximum absolute atomic E-state index is 12.9. The zero-order chi connectivity index (χ0) is 22.8. The largest absolute Gasteiger partial charge is 0.457 e. The molecule has 5 rings (SSSR count). The van der Waals surface area contributed by atoms with Gasteiger partial charge in [-0.3, -0.25) is 9.69 Å². The number of piperazine rings is 1. The molecule has 1 atom stereocenters. The summed E-state index contributed by atoms with van der Waals surface area (Å²) in [6, 6.07) is 14.1. The van der Waals surface area contributed by atoms with Crippen LogP contribution in [0.1, 0.15) is 34.0 Å². The number of rotatable bonds is 6. The number of ether oxygens (including phenoxy) is 1. The average Bonchev–Trinajstić information content (AvgIpc) is 3.49. The monoisotopic (exact) mass is 445 g/mol. The van der Waals surface area contributed by atoms with E-state index in [0.717, 1.165) is 49.4 Å². The van der Waals surface area contributed by atoms with Crippen molar-refractivity contribution in [3.05, 3.63) is 77.4 Å². The fraction of sp³-hybridized carbons (Fsp3) is 0.360. The van der Waals surface area contributed by atoms with E-state index in [0.29, 0.717) is 24.6 Å². The maximum Gasteiger partial charge on any atom is 0.338 e. The van der Waals surface area contributed by atoms with Gasteiger partial charge in [-0.1, -0.05) is 24.3 Å². The van der Waals surface area contributed by atoms with Gasteiger partial charge < -0.3 is 9.64 Å². The van der Waals surface area contributed by atoms with Crippen molar-refractivity contribution in [3.63, 3.8) is 0 Å². The van der Waals surface area contributed by atoms with Crippen molar-refractivity contribution in [3.8, 4) is 5.69 Å². The van der Waals surface area contributed by atoms with Gasteiger partial charge >= 0.3 is 5.97 Å². The van der Waals surface area contributed by atoms with Crippen molar-refractivity contribution >= 4 is 11.9 Å². The number of hydrogen-bond acceptors (Lipinski definition) is 6. The number of cyclic esters (lactones) is 1. The van der Waals surface area contributed by atoms with E-state index in [4.69, 9.17) is 4.74 Å². The fourth-order valence-corrected chi connectivity index (χ4v) is 4.56. The molecule has 0 radical (unpaired) electrons. The predicted molar refractivity (Wildman–Crippen MR) is 122 cm³/mol. The number of benzene rings is 2. The molecule has 1 aromatic heterocycles. The Kier molecular flexibility index (Phi) is 5.92. The van der Waals surface area contributed by atoms with Crippen LogP contribution in [0, 0.1) is 0 Å². The summed E-state index contributed by atoms with van der Waals surface area (Å²) in [5, 5.41) is 4.13. The number of esters is 1. The topological polar surface area (TPSA) is 80.6 Å². The van der Waals surface area contributed by atoms with Gasteiger partial charge in [-0.2, -0.15) is 5.10 Å². The van der Waals surface area contributed by atoms with Crippen molar-refractivity contribution in [2.24, 2.45) is 0 Å². The molecule has 1 fully saturated rings. The molecule has 0 spiro atoms. The van der Waals surface area contributed by atoms with E-state index in [-0.39, 0.29) is 11.9 Å². The van der Waals surface area contributed by atoms with Gasteiger partial charge in [-0.05, 0) is 42.7 Å². The second kappa shape index (κ2) is 9.15. The van der Waals surface area contributed by atoms with E-state index in [1.54, 1.807) is 11.0 Å². The first-order chi connectivity index (χ1) is 16.1. The van der Waals surface area contributed by atoms with Gasteiger partial charge in [0.15, 0.2) is 0 Å². The van der Waals surface area contributed by atoms with Crippen molar-refractivity contribution in [1.29, 1.82) is 0 Å². The summed E-state index contributed by atoms with van der Waals surface area (Å²) in [6.07, 6.45) is 4.47. The van der Waals surface area contributed by atoms with E-state index >= 15 is 0 Å². The Bertz CT molecular complexity index is 1140. The number of hydrogen-bond donors (Lipinski definition) is 0. The van der Waals surface area contributed by atoms with E-state index < -0.39 is 0 Å². The molecule has 2 aliphatic heterocycles. The zero-order valence-corrected chi connectivity index (χ0v) is 18.7. The number of amides is 1. The molecule has 3 aromatic rings. The van der Waals surface area contributed by atoms with Crippen LogP contribution in [0.25, 0.3) is 5.69 Å². The number of aromatic nitrogens is 3. The minimum atomic E-state index is -0.225. The highest BCUT2D eigenvalue weighted by Gasteiger charge is 2.27. The van der Waals surface area contributed by atoms with Crippen LogP contribution >= 0.6 is 0 Å². The van der Waals surface area contributed by atoms with Gasteiger partial charge in [0.1, 0.15) is 19.3 Å².